The SMILES string of the molecule is CC(C)c1cccc(C(C)C)c1N1C(c2ccccc2)=NC2C=CC=CC21C. The van der Waals surface area contributed by atoms with Crippen LogP contribution in [0.4, 0.5) is 5.69 Å². The van der Waals surface area contributed by atoms with Crippen LogP contribution in [-0.4, -0.2) is 17.4 Å². The fraction of sp³-hybridized carbons (Fsp3) is 0.346. The molecule has 144 valence electrons. The molecule has 0 N–H and O–H groups in total. The number of fused-ring (bicyclic) bond motifs is 1. The van der Waals surface area contributed by atoms with Gasteiger partial charge in [0.1, 0.15) is 5.84 Å². The van der Waals surface area contributed by atoms with E-state index in [4.69, 9.17) is 4.99 Å². The van der Waals surface area contributed by atoms with Crippen LogP contribution in [0.25, 0.3) is 0 Å². The van der Waals surface area contributed by atoms with E-state index in [9.17, 15) is 0 Å². The van der Waals surface area contributed by atoms with Crippen LogP contribution in [0.3, 0.4) is 0 Å². The highest BCUT2D eigenvalue weighted by molar-refractivity contribution is 6.14. The first kappa shape index (κ1) is 18.7. The van der Waals surface area contributed by atoms with Crippen LogP contribution in [0.15, 0.2) is 77.8 Å². The van der Waals surface area contributed by atoms with Gasteiger partial charge < -0.3 is 4.90 Å². The molecule has 1 aliphatic carbocycles. The summed E-state index contributed by atoms with van der Waals surface area (Å²) >= 11 is 0. The van der Waals surface area contributed by atoms with Crippen LogP contribution < -0.4 is 4.90 Å². The van der Waals surface area contributed by atoms with E-state index in [0.717, 1.165) is 5.84 Å². The molecule has 2 aromatic rings. The lowest BCUT2D eigenvalue weighted by Gasteiger charge is -2.41. The van der Waals surface area contributed by atoms with Gasteiger partial charge in [-0.2, -0.15) is 0 Å². The maximum atomic E-state index is 5.22. The molecule has 2 aliphatic rings. The first-order chi connectivity index (χ1) is 13.4. The normalized spacial score (nSPS) is 23.5. The average molecular weight is 371 g/mol. The quantitative estimate of drug-likeness (QED) is 0.603. The van der Waals surface area contributed by atoms with E-state index in [1.54, 1.807) is 0 Å². The minimum absolute atomic E-state index is 0.118. The molecular formula is C26H30N2. The van der Waals surface area contributed by atoms with E-state index in [-0.39, 0.29) is 11.6 Å². The Bertz CT molecular complexity index is 923. The number of para-hydroxylation sites is 1. The second-order valence-corrected chi connectivity index (χ2v) is 8.66. The maximum Gasteiger partial charge on any atom is 0.136 e. The highest BCUT2D eigenvalue weighted by Crippen LogP contribution is 2.45. The Morgan fingerprint density at radius 2 is 1.50 bits per heavy atom. The van der Waals surface area contributed by atoms with Crippen molar-refractivity contribution < 1.29 is 0 Å². The molecule has 4 rings (SSSR count). The van der Waals surface area contributed by atoms with Crippen molar-refractivity contribution in [3.05, 3.63) is 89.5 Å². The van der Waals surface area contributed by atoms with E-state index >= 15 is 0 Å². The fourth-order valence-corrected chi connectivity index (χ4v) is 4.42. The second kappa shape index (κ2) is 7.09. The molecule has 0 spiro atoms. The van der Waals surface area contributed by atoms with Crippen molar-refractivity contribution in [2.75, 3.05) is 4.90 Å². The fourth-order valence-electron chi connectivity index (χ4n) is 4.42. The summed E-state index contributed by atoms with van der Waals surface area (Å²) in [5.41, 5.74) is 5.08. The van der Waals surface area contributed by atoms with Crippen molar-refractivity contribution >= 4 is 11.5 Å². The molecule has 2 aromatic carbocycles. The molecule has 0 radical (unpaired) electrons. The number of hydrogen-bond donors (Lipinski definition) is 0. The molecule has 0 saturated heterocycles. The van der Waals surface area contributed by atoms with Crippen LogP contribution in [0.5, 0.6) is 0 Å². The van der Waals surface area contributed by atoms with Crippen molar-refractivity contribution in [1.82, 2.24) is 0 Å². The van der Waals surface area contributed by atoms with Gasteiger partial charge in [-0.15, -0.1) is 0 Å². The summed E-state index contributed by atoms with van der Waals surface area (Å²) in [6, 6.07) is 17.5. The number of nitrogens with zero attached hydrogens (tertiary/aromatic N) is 2. The lowest BCUT2D eigenvalue weighted by atomic mass is 9.84. The minimum Gasteiger partial charge on any atom is -0.314 e. The summed E-state index contributed by atoms with van der Waals surface area (Å²) in [4.78, 5) is 7.73. The largest absolute Gasteiger partial charge is 0.314 e. The molecule has 1 aliphatic heterocycles. The standard InChI is InChI=1S/C26H30N2/c1-18(2)21-14-11-15-22(19(3)4)24(21)28-25(20-12-7-6-8-13-20)27-23-16-9-10-17-26(23,28)5/h6-19,23H,1-5H3. The van der Waals surface area contributed by atoms with Crippen molar-refractivity contribution in [3.8, 4) is 0 Å². The van der Waals surface area contributed by atoms with Gasteiger partial charge in [0.25, 0.3) is 0 Å². The van der Waals surface area contributed by atoms with Crippen LogP contribution in [0.2, 0.25) is 0 Å². The lowest BCUT2D eigenvalue weighted by Crippen LogP contribution is -2.51. The smallest absolute Gasteiger partial charge is 0.136 e. The summed E-state index contributed by atoms with van der Waals surface area (Å²) in [6.45, 7) is 11.5. The first-order valence-corrected chi connectivity index (χ1v) is 10.4. The molecule has 28 heavy (non-hydrogen) atoms. The zero-order chi connectivity index (χ0) is 19.9. The van der Waals surface area contributed by atoms with Gasteiger partial charge in [-0.05, 0) is 29.9 Å². The van der Waals surface area contributed by atoms with Gasteiger partial charge in [-0.3, -0.25) is 4.99 Å². The molecule has 2 atom stereocenters. The molecule has 0 amide bonds. The van der Waals surface area contributed by atoms with E-state index in [0.29, 0.717) is 11.8 Å². The third-order valence-electron chi connectivity index (χ3n) is 5.99. The first-order valence-electron chi connectivity index (χ1n) is 10.4. The Balaban J connectivity index is 2.00. The predicted octanol–water partition coefficient (Wildman–Crippen LogP) is 6.45. The van der Waals surface area contributed by atoms with Crippen LogP contribution in [0.1, 0.15) is 63.1 Å². The maximum absolute atomic E-state index is 5.22. The summed E-state index contributed by atoms with van der Waals surface area (Å²) in [5, 5.41) is 0. The van der Waals surface area contributed by atoms with E-state index in [1.807, 2.05) is 0 Å². The topological polar surface area (TPSA) is 15.6 Å². The number of allylic oxidation sites excluding steroid dienone is 2. The number of aliphatic imine (C=N–C) groups is 1. The average Bonchev–Trinajstić information content (AvgIpc) is 3.00. The molecule has 0 aromatic heterocycles. The van der Waals surface area contributed by atoms with E-state index in [2.05, 4.69) is 112 Å². The summed E-state index contributed by atoms with van der Waals surface area (Å²) in [7, 11) is 0. The Morgan fingerprint density at radius 1 is 0.857 bits per heavy atom. The number of amidine groups is 1. The lowest BCUT2D eigenvalue weighted by molar-refractivity contribution is 0.542. The van der Waals surface area contributed by atoms with Gasteiger partial charge in [-0.25, -0.2) is 0 Å². The number of benzene rings is 2. The number of anilines is 1. The Kier molecular flexibility index (Phi) is 4.74. The summed E-state index contributed by atoms with van der Waals surface area (Å²) in [6.07, 6.45) is 8.84. The van der Waals surface area contributed by atoms with Gasteiger partial charge >= 0.3 is 0 Å². The molecule has 2 unspecified atom stereocenters. The number of hydrogen-bond acceptors (Lipinski definition) is 2. The zero-order valence-corrected chi connectivity index (χ0v) is 17.6. The molecule has 0 fully saturated rings. The molecular weight excluding hydrogens is 340 g/mol. The molecule has 1 heterocycles. The summed E-state index contributed by atoms with van der Waals surface area (Å²) in [5.74, 6) is 1.95. The van der Waals surface area contributed by atoms with Crippen LogP contribution >= 0.6 is 0 Å². The van der Waals surface area contributed by atoms with E-state index in [1.165, 1.54) is 22.4 Å². The van der Waals surface area contributed by atoms with Gasteiger partial charge in [0, 0.05) is 5.56 Å². The zero-order valence-electron chi connectivity index (χ0n) is 17.6. The third kappa shape index (κ3) is 2.92. The van der Waals surface area contributed by atoms with E-state index < -0.39 is 0 Å². The van der Waals surface area contributed by atoms with Crippen molar-refractivity contribution in [2.24, 2.45) is 4.99 Å². The van der Waals surface area contributed by atoms with Crippen molar-refractivity contribution in [2.45, 2.75) is 58.0 Å². The molecule has 2 nitrogen and oxygen atoms in total. The van der Waals surface area contributed by atoms with Gasteiger partial charge in [0.15, 0.2) is 0 Å². The molecule has 2 heteroatoms. The van der Waals surface area contributed by atoms with Crippen molar-refractivity contribution in [1.29, 1.82) is 0 Å². The van der Waals surface area contributed by atoms with Crippen LogP contribution in [-0.2, 0) is 0 Å². The monoisotopic (exact) mass is 370 g/mol. The Hall–Kier alpha value is -2.61. The molecule has 0 bridgehead atoms. The molecule has 0 saturated carbocycles. The number of rotatable bonds is 4. The third-order valence-corrected chi connectivity index (χ3v) is 5.99. The highest BCUT2D eigenvalue weighted by atomic mass is 15.3. The minimum atomic E-state index is -0.200. The Labute approximate surface area is 169 Å². The van der Waals surface area contributed by atoms with Gasteiger partial charge in [-0.1, -0.05) is 101 Å². The van der Waals surface area contributed by atoms with Crippen LogP contribution in [0, 0.1) is 0 Å². The van der Waals surface area contributed by atoms with Gasteiger partial charge in [0.05, 0.1) is 17.3 Å². The van der Waals surface area contributed by atoms with Gasteiger partial charge in [0.2, 0.25) is 0 Å². The highest BCUT2D eigenvalue weighted by Gasteiger charge is 2.47. The second-order valence-electron chi connectivity index (χ2n) is 8.66. The summed E-state index contributed by atoms with van der Waals surface area (Å²) < 4.78 is 0. The Morgan fingerprint density at radius 3 is 2.11 bits per heavy atom. The predicted molar refractivity (Wildman–Crippen MR) is 121 cm³/mol. The van der Waals surface area contributed by atoms with Crippen molar-refractivity contribution in [3.63, 3.8) is 0 Å².